The van der Waals surface area contributed by atoms with Gasteiger partial charge in [-0.05, 0) is 24.3 Å². The summed E-state index contributed by atoms with van der Waals surface area (Å²) in [7, 11) is 0. The zero-order valence-corrected chi connectivity index (χ0v) is 13.8. The second-order valence-electron chi connectivity index (χ2n) is 6.32. The molecule has 2 N–H and O–H groups in total. The lowest BCUT2D eigenvalue weighted by molar-refractivity contribution is -0.129. The maximum atomic E-state index is 12.0. The van der Waals surface area contributed by atoms with Crippen LogP contribution >= 0.6 is 0 Å². The van der Waals surface area contributed by atoms with Crippen molar-refractivity contribution < 1.29 is 14.4 Å². The predicted molar refractivity (Wildman–Crippen MR) is 90.6 cm³/mol. The van der Waals surface area contributed by atoms with Gasteiger partial charge in [0.05, 0.1) is 5.92 Å². The number of carbonyl (C=O) groups excluding carboxylic acids is 3. The molecule has 0 radical (unpaired) electrons. The highest BCUT2D eigenvalue weighted by Crippen LogP contribution is 2.27. The average Bonchev–Trinajstić information content (AvgIpc) is 2.97. The topological polar surface area (TPSA) is 86.9 Å². The average molecular weight is 330 g/mol. The summed E-state index contributed by atoms with van der Waals surface area (Å²) in [5.74, 6) is -0.786. The Morgan fingerprint density at radius 3 is 2.12 bits per heavy atom. The quantitative estimate of drug-likeness (QED) is 0.857. The zero-order valence-electron chi connectivity index (χ0n) is 13.8. The highest BCUT2D eigenvalue weighted by atomic mass is 16.2. The van der Waals surface area contributed by atoms with Crippen LogP contribution in [0.15, 0.2) is 24.3 Å². The molecule has 7 nitrogen and oxygen atoms in total. The molecule has 2 saturated heterocycles. The fraction of sp³-hybridized carbons (Fsp3) is 0.471. The number of amides is 3. The SMILES string of the molecule is CC(=O)N1CCN(c2ccc(N3C[C@H](C(N)=O)CC3=O)cc2)CC1. The summed E-state index contributed by atoms with van der Waals surface area (Å²) in [4.78, 5) is 40.4. The Balaban J connectivity index is 1.65. The largest absolute Gasteiger partial charge is 0.369 e. The maximum Gasteiger partial charge on any atom is 0.227 e. The van der Waals surface area contributed by atoms with Crippen molar-refractivity contribution in [1.29, 1.82) is 0 Å². The summed E-state index contributed by atoms with van der Waals surface area (Å²) < 4.78 is 0. The second kappa shape index (κ2) is 6.51. The van der Waals surface area contributed by atoms with Crippen molar-refractivity contribution >= 4 is 29.1 Å². The number of nitrogens with two attached hydrogens (primary N) is 1. The standard InChI is InChI=1S/C17H22N4O3/c1-12(22)19-6-8-20(9-7-19)14-2-4-15(5-3-14)21-11-13(17(18)24)10-16(21)23/h2-5,13H,6-11H2,1H3,(H2,18,24)/t13-/m1/s1. The maximum absolute atomic E-state index is 12.0. The van der Waals surface area contributed by atoms with E-state index in [1.807, 2.05) is 29.2 Å². The summed E-state index contributed by atoms with van der Waals surface area (Å²) in [5, 5.41) is 0. The van der Waals surface area contributed by atoms with E-state index in [-0.39, 0.29) is 18.2 Å². The molecule has 0 aromatic heterocycles. The van der Waals surface area contributed by atoms with E-state index in [2.05, 4.69) is 4.90 Å². The van der Waals surface area contributed by atoms with Gasteiger partial charge in [-0.3, -0.25) is 14.4 Å². The van der Waals surface area contributed by atoms with E-state index in [1.54, 1.807) is 11.8 Å². The van der Waals surface area contributed by atoms with Crippen LogP contribution in [0.3, 0.4) is 0 Å². The van der Waals surface area contributed by atoms with Crippen LogP contribution < -0.4 is 15.5 Å². The van der Waals surface area contributed by atoms with Crippen molar-refractivity contribution in [1.82, 2.24) is 4.90 Å². The summed E-state index contributed by atoms with van der Waals surface area (Å²) in [6, 6.07) is 7.75. The summed E-state index contributed by atoms with van der Waals surface area (Å²) >= 11 is 0. The minimum absolute atomic E-state index is 0.0679. The molecule has 2 aliphatic heterocycles. The van der Waals surface area contributed by atoms with E-state index in [0.29, 0.717) is 6.54 Å². The first kappa shape index (κ1) is 16.3. The van der Waals surface area contributed by atoms with Gasteiger partial charge in [-0.25, -0.2) is 0 Å². The van der Waals surface area contributed by atoms with Gasteiger partial charge in [-0.15, -0.1) is 0 Å². The molecule has 2 aliphatic rings. The van der Waals surface area contributed by atoms with Crippen LogP contribution in [-0.2, 0) is 14.4 Å². The molecule has 1 aromatic carbocycles. The van der Waals surface area contributed by atoms with Crippen molar-refractivity contribution in [3.8, 4) is 0 Å². The molecule has 0 unspecified atom stereocenters. The van der Waals surface area contributed by atoms with E-state index >= 15 is 0 Å². The Morgan fingerprint density at radius 2 is 1.62 bits per heavy atom. The van der Waals surface area contributed by atoms with Crippen LogP contribution in [0.2, 0.25) is 0 Å². The summed E-state index contributed by atoms with van der Waals surface area (Å²) in [6.07, 6.45) is 0.185. The number of benzene rings is 1. The molecule has 7 heteroatoms. The van der Waals surface area contributed by atoms with Gasteiger partial charge in [-0.2, -0.15) is 0 Å². The Kier molecular flexibility index (Phi) is 4.42. The number of rotatable bonds is 3. The molecule has 0 spiro atoms. The molecule has 2 fully saturated rings. The zero-order chi connectivity index (χ0) is 17.3. The minimum Gasteiger partial charge on any atom is -0.369 e. The van der Waals surface area contributed by atoms with Crippen LogP contribution in [0.1, 0.15) is 13.3 Å². The van der Waals surface area contributed by atoms with E-state index in [1.165, 1.54) is 0 Å². The van der Waals surface area contributed by atoms with Crippen LogP contribution in [-0.4, -0.2) is 55.3 Å². The smallest absolute Gasteiger partial charge is 0.227 e. The molecule has 128 valence electrons. The highest BCUT2D eigenvalue weighted by Gasteiger charge is 2.33. The van der Waals surface area contributed by atoms with Crippen molar-refractivity contribution in [3.05, 3.63) is 24.3 Å². The lowest BCUT2D eigenvalue weighted by atomic mass is 10.1. The summed E-state index contributed by atoms with van der Waals surface area (Å²) in [6.45, 7) is 4.99. The van der Waals surface area contributed by atoms with Gasteiger partial charge in [0.15, 0.2) is 0 Å². The minimum atomic E-state index is -0.425. The Bertz CT molecular complexity index is 650. The molecule has 24 heavy (non-hydrogen) atoms. The molecule has 0 saturated carbocycles. The molecule has 2 heterocycles. The number of hydrogen-bond donors (Lipinski definition) is 1. The number of hydrogen-bond acceptors (Lipinski definition) is 4. The molecule has 0 aliphatic carbocycles. The third-order valence-corrected chi connectivity index (χ3v) is 4.78. The van der Waals surface area contributed by atoms with Gasteiger partial charge in [0.2, 0.25) is 17.7 Å². The lowest BCUT2D eigenvalue weighted by Crippen LogP contribution is -2.48. The Labute approximate surface area is 141 Å². The van der Waals surface area contributed by atoms with Gasteiger partial charge >= 0.3 is 0 Å². The van der Waals surface area contributed by atoms with Crippen molar-refractivity contribution in [2.45, 2.75) is 13.3 Å². The molecule has 3 rings (SSSR count). The first-order valence-corrected chi connectivity index (χ1v) is 8.16. The Morgan fingerprint density at radius 1 is 1.04 bits per heavy atom. The summed E-state index contributed by atoms with van der Waals surface area (Å²) in [5.41, 5.74) is 7.16. The van der Waals surface area contributed by atoms with E-state index in [0.717, 1.165) is 37.6 Å². The first-order valence-electron chi connectivity index (χ1n) is 8.16. The highest BCUT2D eigenvalue weighted by molar-refractivity contribution is 6.00. The monoisotopic (exact) mass is 330 g/mol. The lowest BCUT2D eigenvalue weighted by Gasteiger charge is -2.35. The van der Waals surface area contributed by atoms with Crippen LogP contribution in [0.5, 0.6) is 0 Å². The van der Waals surface area contributed by atoms with Gasteiger partial charge in [-0.1, -0.05) is 0 Å². The molecular weight excluding hydrogens is 308 g/mol. The van der Waals surface area contributed by atoms with Crippen LogP contribution in [0, 0.1) is 5.92 Å². The molecule has 0 bridgehead atoms. The number of anilines is 2. The van der Waals surface area contributed by atoms with Crippen LogP contribution in [0.4, 0.5) is 11.4 Å². The van der Waals surface area contributed by atoms with E-state index in [9.17, 15) is 14.4 Å². The first-order chi connectivity index (χ1) is 11.5. The third kappa shape index (κ3) is 3.20. The predicted octanol–water partition coefficient (Wildman–Crippen LogP) is 0.193. The van der Waals surface area contributed by atoms with Gasteiger partial charge in [0.1, 0.15) is 0 Å². The van der Waals surface area contributed by atoms with E-state index < -0.39 is 11.8 Å². The molecule has 1 aromatic rings. The third-order valence-electron chi connectivity index (χ3n) is 4.78. The fourth-order valence-electron chi connectivity index (χ4n) is 3.27. The number of primary amides is 1. The number of carbonyl (C=O) groups is 3. The normalized spacial score (nSPS) is 21.3. The van der Waals surface area contributed by atoms with Gasteiger partial charge in [0, 0.05) is 57.4 Å². The van der Waals surface area contributed by atoms with Gasteiger partial charge in [0.25, 0.3) is 0 Å². The molecular formula is C17H22N4O3. The molecule has 1 atom stereocenters. The van der Waals surface area contributed by atoms with Gasteiger partial charge < -0.3 is 20.4 Å². The van der Waals surface area contributed by atoms with Crippen molar-refractivity contribution in [2.75, 3.05) is 42.5 Å². The van der Waals surface area contributed by atoms with E-state index in [4.69, 9.17) is 5.73 Å². The van der Waals surface area contributed by atoms with Crippen LogP contribution in [0.25, 0.3) is 0 Å². The number of nitrogens with zero attached hydrogens (tertiary/aromatic N) is 3. The Hall–Kier alpha value is -2.57. The van der Waals surface area contributed by atoms with Crippen molar-refractivity contribution in [3.63, 3.8) is 0 Å². The fourth-order valence-corrected chi connectivity index (χ4v) is 3.27. The number of piperazine rings is 1. The second-order valence-corrected chi connectivity index (χ2v) is 6.32. The van der Waals surface area contributed by atoms with Crippen molar-refractivity contribution in [2.24, 2.45) is 11.7 Å². The molecule has 3 amide bonds.